The van der Waals surface area contributed by atoms with E-state index in [-0.39, 0.29) is 0 Å². The summed E-state index contributed by atoms with van der Waals surface area (Å²) in [5.41, 5.74) is 7.13. The Bertz CT molecular complexity index is 340. The van der Waals surface area contributed by atoms with Crippen LogP contribution in [0.4, 0.5) is 0 Å². The highest BCUT2D eigenvalue weighted by Crippen LogP contribution is 2.19. The molecule has 0 radical (unpaired) electrons. The lowest BCUT2D eigenvalue weighted by atomic mass is 9.98. The molecule has 1 unspecified atom stereocenters. The van der Waals surface area contributed by atoms with Gasteiger partial charge in [-0.2, -0.15) is 0 Å². The van der Waals surface area contributed by atoms with Gasteiger partial charge in [0.2, 0.25) is 0 Å². The standard InChI is InChI=1S/C13H19BrN2/c14-13-5-1-3-11(7-13)9-16-6-2-4-12(8-15)10-16/h1,3,5,7,12H,2,4,6,8-10,15H2. The number of benzene rings is 1. The minimum atomic E-state index is 0.695. The predicted octanol–water partition coefficient (Wildman–Crippen LogP) is 2.62. The molecule has 2 nitrogen and oxygen atoms in total. The molecule has 3 heteroatoms. The molecule has 0 spiro atoms. The number of halogens is 1. The third-order valence-electron chi connectivity index (χ3n) is 3.23. The summed E-state index contributed by atoms with van der Waals surface area (Å²) in [7, 11) is 0. The Hall–Kier alpha value is -0.380. The zero-order valence-electron chi connectivity index (χ0n) is 9.53. The molecule has 1 atom stereocenters. The van der Waals surface area contributed by atoms with Crippen molar-refractivity contribution in [1.82, 2.24) is 4.90 Å². The molecule has 1 aliphatic rings. The van der Waals surface area contributed by atoms with Crippen molar-refractivity contribution in [3.8, 4) is 0 Å². The third-order valence-corrected chi connectivity index (χ3v) is 3.72. The van der Waals surface area contributed by atoms with Crippen molar-refractivity contribution < 1.29 is 0 Å². The Balaban J connectivity index is 1.94. The van der Waals surface area contributed by atoms with Crippen molar-refractivity contribution in [2.24, 2.45) is 11.7 Å². The van der Waals surface area contributed by atoms with E-state index in [1.54, 1.807) is 0 Å². The average molecular weight is 283 g/mol. The molecular formula is C13H19BrN2. The first-order valence-electron chi connectivity index (χ1n) is 5.95. The van der Waals surface area contributed by atoms with E-state index >= 15 is 0 Å². The molecule has 88 valence electrons. The summed E-state index contributed by atoms with van der Waals surface area (Å²) < 4.78 is 1.16. The number of nitrogens with zero attached hydrogens (tertiary/aromatic N) is 1. The van der Waals surface area contributed by atoms with Crippen LogP contribution in [0.15, 0.2) is 28.7 Å². The van der Waals surface area contributed by atoms with Crippen LogP contribution in [0.2, 0.25) is 0 Å². The Morgan fingerprint density at radius 1 is 1.44 bits per heavy atom. The molecule has 2 N–H and O–H groups in total. The Morgan fingerprint density at radius 3 is 3.06 bits per heavy atom. The molecule has 0 aliphatic carbocycles. The van der Waals surface area contributed by atoms with Crippen LogP contribution in [0.25, 0.3) is 0 Å². The van der Waals surface area contributed by atoms with Gasteiger partial charge in [0.1, 0.15) is 0 Å². The Labute approximate surface area is 106 Å². The zero-order valence-corrected chi connectivity index (χ0v) is 11.1. The van der Waals surface area contributed by atoms with Gasteiger partial charge in [-0.05, 0) is 49.5 Å². The van der Waals surface area contributed by atoms with Gasteiger partial charge < -0.3 is 5.73 Å². The summed E-state index contributed by atoms with van der Waals surface area (Å²) in [6.07, 6.45) is 2.58. The summed E-state index contributed by atoms with van der Waals surface area (Å²) in [5, 5.41) is 0. The molecule has 1 heterocycles. The topological polar surface area (TPSA) is 29.3 Å². The smallest absolute Gasteiger partial charge is 0.0234 e. The molecule has 1 fully saturated rings. The molecule has 1 aliphatic heterocycles. The Morgan fingerprint density at radius 2 is 2.31 bits per heavy atom. The van der Waals surface area contributed by atoms with Gasteiger partial charge in [0.15, 0.2) is 0 Å². The van der Waals surface area contributed by atoms with Gasteiger partial charge >= 0.3 is 0 Å². The van der Waals surface area contributed by atoms with Gasteiger partial charge in [0.05, 0.1) is 0 Å². The minimum absolute atomic E-state index is 0.695. The molecule has 1 aromatic carbocycles. The molecule has 16 heavy (non-hydrogen) atoms. The average Bonchev–Trinajstić information content (AvgIpc) is 2.29. The van der Waals surface area contributed by atoms with Crippen LogP contribution < -0.4 is 5.73 Å². The number of hydrogen-bond donors (Lipinski definition) is 1. The van der Waals surface area contributed by atoms with Crippen LogP contribution >= 0.6 is 15.9 Å². The zero-order chi connectivity index (χ0) is 11.4. The lowest BCUT2D eigenvalue weighted by Crippen LogP contribution is -2.37. The van der Waals surface area contributed by atoms with E-state index in [0.717, 1.165) is 24.1 Å². The van der Waals surface area contributed by atoms with Gasteiger partial charge in [-0.25, -0.2) is 0 Å². The molecule has 1 saturated heterocycles. The number of likely N-dealkylation sites (tertiary alicyclic amines) is 1. The normalized spacial score (nSPS) is 22.2. The second-order valence-corrected chi connectivity index (χ2v) is 5.52. The largest absolute Gasteiger partial charge is 0.330 e. The first-order valence-corrected chi connectivity index (χ1v) is 6.74. The highest BCUT2D eigenvalue weighted by atomic mass is 79.9. The van der Waals surface area contributed by atoms with E-state index in [1.165, 1.54) is 24.9 Å². The van der Waals surface area contributed by atoms with Gasteiger partial charge in [-0.1, -0.05) is 28.1 Å². The van der Waals surface area contributed by atoms with E-state index in [2.05, 4.69) is 45.1 Å². The van der Waals surface area contributed by atoms with Gasteiger partial charge in [0, 0.05) is 17.6 Å². The fourth-order valence-electron chi connectivity index (χ4n) is 2.38. The second kappa shape index (κ2) is 5.80. The van der Waals surface area contributed by atoms with Crippen molar-refractivity contribution in [3.05, 3.63) is 34.3 Å². The van der Waals surface area contributed by atoms with E-state index < -0.39 is 0 Å². The van der Waals surface area contributed by atoms with Crippen LogP contribution in [-0.2, 0) is 6.54 Å². The van der Waals surface area contributed by atoms with Gasteiger partial charge in [-0.15, -0.1) is 0 Å². The molecule has 2 rings (SSSR count). The first kappa shape index (κ1) is 12.1. The highest BCUT2D eigenvalue weighted by Gasteiger charge is 2.18. The maximum atomic E-state index is 5.75. The SMILES string of the molecule is NCC1CCCN(Cc2cccc(Br)c2)C1. The first-order chi connectivity index (χ1) is 7.78. The van der Waals surface area contributed by atoms with Crippen molar-refractivity contribution in [2.75, 3.05) is 19.6 Å². The van der Waals surface area contributed by atoms with E-state index in [0.29, 0.717) is 5.92 Å². The molecule has 1 aromatic rings. The number of piperidine rings is 1. The highest BCUT2D eigenvalue weighted by molar-refractivity contribution is 9.10. The van der Waals surface area contributed by atoms with Crippen LogP contribution in [0.5, 0.6) is 0 Å². The lowest BCUT2D eigenvalue weighted by Gasteiger charge is -2.32. The maximum absolute atomic E-state index is 5.75. The van der Waals surface area contributed by atoms with E-state index in [4.69, 9.17) is 5.73 Å². The Kier molecular flexibility index (Phi) is 4.38. The minimum Gasteiger partial charge on any atom is -0.330 e. The molecule has 0 bridgehead atoms. The molecular weight excluding hydrogens is 264 g/mol. The van der Waals surface area contributed by atoms with Gasteiger partial charge in [-0.3, -0.25) is 4.90 Å². The summed E-state index contributed by atoms with van der Waals surface area (Å²) in [5.74, 6) is 0.695. The van der Waals surface area contributed by atoms with Crippen molar-refractivity contribution in [3.63, 3.8) is 0 Å². The van der Waals surface area contributed by atoms with Crippen molar-refractivity contribution in [1.29, 1.82) is 0 Å². The van der Waals surface area contributed by atoms with E-state index in [9.17, 15) is 0 Å². The molecule has 0 aromatic heterocycles. The predicted molar refractivity (Wildman–Crippen MR) is 71.2 cm³/mol. The van der Waals surface area contributed by atoms with Gasteiger partial charge in [0.25, 0.3) is 0 Å². The lowest BCUT2D eigenvalue weighted by molar-refractivity contribution is 0.171. The summed E-state index contributed by atoms with van der Waals surface area (Å²) in [6.45, 7) is 4.25. The second-order valence-electron chi connectivity index (χ2n) is 4.61. The summed E-state index contributed by atoms with van der Waals surface area (Å²) >= 11 is 3.51. The number of hydrogen-bond acceptors (Lipinski definition) is 2. The van der Waals surface area contributed by atoms with Crippen LogP contribution in [0.1, 0.15) is 18.4 Å². The van der Waals surface area contributed by atoms with Crippen molar-refractivity contribution in [2.45, 2.75) is 19.4 Å². The summed E-state index contributed by atoms with van der Waals surface area (Å²) in [4.78, 5) is 2.52. The quantitative estimate of drug-likeness (QED) is 0.924. The summed E-state index contributed by atoms with van der Waals surface area (Å²) in [6, 6.07) is 8.56. The fourth-order valence-corrected chi connectivity index (χ4v) is 2.83. The van der Waals surface area contributed by atoms with Crippen LogP contribution in [0.3, 0.4) is 0 Å². The van der Waals surface area contributed by atoms with Crippen molar-refractivity contribution >= 4 is 15.9 Å². The fraction of sp³-hybridized carbons (Fsp3) is 0.538. The number of nitrogens with two attached hydrogens (primary N) is 1. The monoisotopic (exact) mass is 282 g/mol. The van der Waals surface area contributed by atoms with Crippen LogP contribution in [0, 0.1) is 5.92 Å². The number of rotatable bonds is 3. The molecule has 0 amide bonds. The van der Waals surface area contributed by atoms with Crippen LogP contribution in [-0.4, -0.2) is 24.5 Å². The third kappa shape index (κ3) is 3.30. The maximum Gasteiger partial charge on any atom is 0.0234 e. The molecule has 0 saturated carbocycles. The van der Waals surface area contributed by atoms with E-state index in [1.807, 2.05) is 0 Å².